The minimum Gasteiger partial charge on any atom is -0.494 e. The Balaban J connectivity index is 1.03. The fraction of sp³-hybridized carbons (Fsp3) is 0.562. The number of ether oxygens (including phenoxy) is 1. The number of fused-ring (bicyclic) bond motifs is 1. The molecule has 5 rings (SSSR count). The van der Waals surface area contributed by atoms with Crippen LogP contribution < -0.4 is 9.64 Å². The van der Waals surface area contributed by atoms with Gasteiger partial charge in [0.1, 0.15) is 5.75 Å². The van der Waals surface area contributed by atoms with Crippen LogP contribution in [0.2, 0.25) is 0 Å². The van der Waals surface area contributed by atoms with Crippen LogP contribution in [-0.4, -0.2) is 78.2 Å². The van der Waals surface area contributed by atoms with Crippen LogP contribution in [0, 0.1) is 0 Å². The number of aryl methyl sites for hydroxylation is 1. The lowest BCUT2D eigenvalue weighted by Gasteiger charge is -2.41. The van der Waals surface area contributed by atoms with E-state index in [0.717, 1.165) is 69.5 Å². The summed E-state index contributed by atoms with van der Waals surface area (Å²) >= 11 is 0. The van der Waals surface area contributed by atoms with Crippen LogP contribution in [0.5, 0.6) is 5.75 Å². The fourth-order valence-corrected chi connectivity index (χ4v) is 6.40. The second-order valence-electron chi connectivity index (χ2n) is 11.2. The van der Waals surface area contributed by atoms with Gasteiger partial charge in [-0.05, 0) is 100 Å². The SMILES string of the molecule is O=C(c1ccc(OCCCCCN2CCCCC2CO)cc1)N1CCC(N2C(=O)CCc3ccccc32)CC1. The molecule has 7 nitrogen and oxygen atoms in total. The molecule has 2 aromatic carbocycles. The first-order chi connectivity index (χ1) is 19.1. The second-order valence-corrected chi connectivity index (χ2v) is 11.2. The van der Waals surface area contributed by atoms with Crippen molar-refractivity contribution in [2.45, 2.75) is 76.3 Å². The molecule has 2 fully saturated rings. The normalized spacial score (nSPS) is 20.6. The zero-order valence-corrected chi connectivity index (χ0v) is 23.1. The van der Waals surface area contributed by atoms with Crippen molar-refractivity contribution in [3.05, 3.63) is 59.7 Å². The highest BCUT2D eigenvalue weighted by molar-refractivity contribution is 5.97. The van der Waals surface area contributed by atoms with Gasteiger partial charge >= 0.3 is 0 Å². The number of likely N-dealkylation sites (tertiary alicyclic amines) is 2. The summed E-state index contributed by atoms with van der Waals surface area (Å²) in [5.74, 6) is 1.04. The number of hydrogen-bond donors (Lipinski definition) is 1. The van der Waals surface area contributed by atoms with E-state index in [2.05, 4.69) is 17.0 Å². The molecule has 1 N–H and O–H groups in total. The number of aliphatic hydroxyl groups is 1. The fourth-order valence-electron chi connectivity index (χ4n) is 6.40. The molecule has 0 aromatic heterocycles. The Hall–Kier alpha value is -2.90. The van der Waals surface area contributed by atoms with Crippen molar-refractivity contribution >= 4 is 17.5 Å². The van der Waals surface area contributed by atoms with Crippen molar-refractivity contribution in [3.63, 3.8) is 0 Å². The van der Waals surface area contributed by atoms with E-state index in [-0.39, 0.29) is 24.5 Å². The molecule has 7 heteroatoms. The van der Waals surface area contributed by atoms with Gasteiger partial charge in [-0.2, -0.15) is 0 Å². The number of benzene rings is 2. The van der Waals surface area contributed by atoms with E-state index < -0.39 is 0 Å². The van der Waals surface area contributed by atoms with Crippen molar-refractivity contribution < 1.29 is 19.4 Å². The largest absolute Gasteiger partial charge is 0.494 e. The average molecular weight is 534 g/mol. The van der Waals surface area contributed by atoms with Crippen LogP contribution in [0.15, 0.2) is 48.5 Å². The third-order valence-corrected chi connectivity index (χ3v) is 8.66. The molecule has 3 aliphatic rings. The minimum absolute atomic E-state index is 0.0456. The highest BCUT2D eigenvalue weighted by Crippen LogP contribution is 2.32. The number of unbranched alkanes of at least 4 members (excludes halogenated alkanes) is 2. The number of para-hydroxylation sites is 1. The van der Waals surface area contributed by atoms with Crippen molar-refractivity contribution in [2.75, 3.05) is 44.3 Å². The quantitative estimate of drug-likeness (QED) is 0.450. The minimum atomic E-state index is 0.0456. The summed E-state index contributed by atoms with van der Waals surface area (Å²) in [5.41, 5.74) is 2.97. The lowest BCUT2D eigenvalue weighted by atomic mass is 9.95. The van der Waals surface area contributed by atoms with Gasteiger partial charge in [-0.25, -0.2) is 0 Å². The Morgan fingerprint density at radius 2 is 1.69 bits per heavy atom. The summed E-state index contributed by atoms with van der Waals surface area (Å²) in [7, 11) is 0. The van der Waals surface area contributed by atoms with Gasteiger partial charge in [0.2, 0.25) is 5.91 Å². The maximum Gasteiger partial charge on any atom is 0.253 e. The van der Waals surface area contributed by atoms with Gasteiger partial charge in [0.25, 0.3) is 5.91 Å². The van der Waals surface area contributed by atoms with Gasteiger partial charge in [0, 0.05) is 42.8 Å². The Labute approximate surface area is 232 Å². The summed E-state index contributed by atoms with van der Waals surface area (Å²) in [6.45, 7) is 4.42. The van der Waals surface area contributed by atoms with Gasteiger partial charge in [-0.3, -0.25) is 14.5 Å². The molecule has 0 saturated carbocycles. The summed E-state index contributed by atoms with van der Waals surface area (Å²) in [6, 6.07) is 16.2. The Morgan fingerprint density at radius 1 is 0.897 bits per heavy atom. The number of carbonyl (C=O) groups is 2. The third kappa shape index (κ3) is 6.82. The Bertz CT molecular complexity index is 1100. The molecule has 2 amide bonds. The maximum atomic E-state index is 13.1. The molecule has 1 unspecified atom stereocenters. The van der Waals surface area contributed by atoms with Crippen molar-refractivity contribution in [1.29, 1.82) is 0 Å². The molecule has 39 heavy (non-hydrogen) atoms. The first kappa shape index (κ1) is 27.7. The molecule has 0 aliphatic carbocycles. The number of anilines is 1. The first-order valence-electron chi connectivity index (χ1n) is 14.9. The number of piperidine rings is 2. The van der Waals surface area contributed by atoms with Crippen LogP contribution in [0.1, 0.15) is 73.7 Å². The number of hydrogen-bond acceptors (Lipinski definition) is 5. The summed E-state index contributed by atoms with van der Waals surface area (Å²) in [5, 5.41) is 9.56. The van der Waals surface area contributed by atoms with E-state index in [1.54, 1.807) is 0 Å². The van der Waals surface area contributed by atoms with Gasteiger partial charge in [0.05, 0.1) is 13.2 Å². The average Bonchev–Trinajstić information content (AvgIpc) is 2.99. The molecular formula is C32H43N3O4. The van der Waals surface area contributed by atoms with E-state index >= 15 is 0 Å². The molecule has 1 atom stereocenters. The summed E-state index contributed by atoms with van der Waals surface area (Å²) in [6.07, 6.45) is 9.79. The first-order valence-corrected chi connectivity index (χ1v) is 14.9. The smallest absolute Gasteiger partial charge is 0.253 e. The molecule has 0 bridgehead atoms. The second kappa shape index (κ2) is 13.4. The number of carbonyl (C=O) groups excluding carboxylic acids is 2. The molecule has 3 aliphatic heterocycles. The van der Waals surface area contributed by atoms with Crippen LogP contribution in [0.4, 0.5) is 5.69 Å². The number of aliphatic hydroxyl groups excluding tert-OH is 1. The highest BCUT2D eigenvalue weighted by Gasteiger charge is 2.33. The van der Waals surface area contributed by atoms with Gasteiger partial charge in [-0.15, -0.1) is 0 Å². The van der Waals surface area contributed by atoms with Gasteiger partial charge in [0.15, 0.2) is 0 Å². The molecule has 2 aromatic rings. The van der Waals surface area contributed by atoms with Gasteiger partial charge in [-0.1, -0.05) is 24.6 Å². The van der Waals surface area contributed by atoms with Crippen molar-refractivity contribution in [3.8, 4) is 5.75 Å². The van der Waals surface area contributed by atoms with E-state index in [9.17, 15) is 14.7 Å². The van der Waals surface area contributed by atoms with E-state index in [1.807, 2.05) is 46.2 Å². The van der Waals surface area contributed by atoms with Crippen LogP contribution >= 0.6 is 0 Å². The lowest BCUT2D eigenvalue weighted by Crippen LogP contribution is -2.50. The molecule has 0 radical (unpaired) electrons. The van der Waals surface area contributed by atoms with Crippen LogP contribution in [-0.2, 0) is 11.2 Å². The predicted octanol–water partition coefficient (Wildman–Crippen LogP) is 4.67. The molecule has 3 heterocycles. The summed E-state index contributed by atoms with van der Waals surface area (Å²) in [4.78, 5) is 32.3. The summed E-state index contributed by atoms with van der Waals surface area (Å²) < 4.78 is 5.92. The number of amides is 2. The third-order valence-electron chi connectivity index (χ3n) is 8.66. The standard InChI is InChI=1S/C32H43N3O4/c36-24-28-9-4-6-20-33(28)19-5-1-7-23-39-29-14-11-26(12-15-29)32(38)34-21-17-27(18-22-34)35-30-10-3-2-8-25(30)13-16-31(35)37/h2-3,8,10-12,14-15,27-28,36H,1,4-7,9,13,16-24H2. The highest BCUT2D eigenvalue weighted by atomic mass is 16.5. The lowest BCUT2D eigenvalue weighted by molar-refractivity contribution is -0.119. The Kier molecular flexibility index (Phi) is 9.53. The number of rotatable bonds is 10. The molecular weight excluding hydrogens is 490 g/mol. The van der Waals surface area contributed by atoms with E-state index in [4.69, 9.17) is 4.74 Å². The van der Waals surface area contributed by atoms with E-state index in [1.165, 1.54) is 18.4 Å². The van der Waals surface area contributed by atoms with Crippen LogP contribution in [0.3, 0.4) is 0 Å². The predicted molar refractivity (Wildman–Crippen MR) is 153 cm³/mol. The molecule has 210 valence electrons. The number of nitrogens with zero attached hydrogens (tertiary/aromatic N) is 3. The monoisotopic (exact) mass is 533 g/mol. The van der Waals surface area contributed by atoms with Crippen LogP contribution in [0.25, 0.3) is 0 Å². The van der Waals surface area contributed by atoms with Crippen molar-refractivity contribution in [1.82, 2.24) is 9.80 Å². The maximum absolute atomic E-state index is 13.1. The van der Waals surface area contributed by atoms with E-state index in [0.29, 0.717) is 37.7 Å². The van der Waals surface area contributed by atoms with Gasteiger partial charge < -0.3 is 19.6 Å². The zero-order valence-electron chi connectivity index (χ0n) is 23.1. The molecule has 2 saturated heterocycles. The zero-order chi connectivity index (χ0) is 27.0. The van der Waals surface area contributed by atoms with Crippen molar-refractivity contribution in [2.24, 2.45) is 0 Å². The topological polar surface area (TPSA) is 73.3 Å². The molecule has 0 spiro atoms. The Morgan fingerprint density at radius 3 is 2.49 bits per heavy atom.